The van der Waals surface area contributed by atoms with Crippen LogP contribution in [-0.4, -0.2) is 55.4 Å². The lowest BCUT2D eigenvalue weighted by Crippen LogP contribution is -2.61. The second-order valence-corrected chi connectivity index (χ2v) is 11.4. The Morgan fingerprint density at radius 2 is 1.73 bits per heavy atom. The molecule has 2 aromatic carbocycles. The van der Waals surface area contributed by atoms with Gasteiger partial charge in [0.05, 0.1) is 12.0 Å². The molecule has 0 saturated carbocycles. The van der Waals surface area contributed by atoms with E-state index in [9.17, 15) is 12.8 Å². The van der Waals surface area contributed by atoms with Crippen molar-refractivity contribution < 1.29 is 17.5 Å². The van der Waals surface area contributed by atoms with Crippen LogP contribution in [0.3, 0.4) is 0 Å². The summed E-state index contributed by atoms with van der Waals surface area (Å²) in [6, 6.07) is 12.9. The van der Waals surface area contributed by atoms with Gasteiger partial charge in [-0.1, -0.05) is 12.1 Å². The molecule has 3 aromatic rings. The minimum absolute atomic E-state index is 0.134. The number of nitrogens with zero attached hydrogens (tertiary/aromatic N) is 4. The van der Waals surface area contributed by atoms with E-state index < -0.39 is 10.0 Å². The molecule has 2 aliphatic heterocycles. The topological polar surface area (TPSA) is 75.6 Å². The molecule has 0 amide bonds. The number of anilines is 1. The number of rotatable bonds is 6. The smallest absolute Gasteiger partial charge is 0.243 e. The largest absolute Gasteiger partial charge is 0.497 e. The fraction of sp³-hybridized carbons (Fsp3) is 0.391. The van der Waals surface area contributed by atoms with Crippen molar-refractivity contribution in [2.75, 3.05) is 38.2 Å². The Kier molecular flexibility index (Phi) is 5.84. The van der Waals surface area contributed by atoms with Crippen LogP contribution in [0.25, 0.3) is 0 Å². The third-order valence-electron chi connectivity index (χ3n) is 6.54. The lowest BCUT2D eigenvalue weighted by atomic mass is 9.73. The van der Waals surface area contributed by atoms with Gasteiger partial charge in [0.2, 0.25) is 15.2 Å². The summed E-state index contributed by atoms with van der Waals surface area (Å²) in [6.45, 7) is 2.78. The van der Waals surface area contributed by atoms with Crippen molar-refractivity contribution >= 4 is 26.7 Å². The molecule has 1 aromatic heterocycles. The molecule has 33 heavy (non-hydrogen) atoms. The van der Waals surface area contributed by atoms with Gasteiger partial charge in [-0.05, 0) is 54.8 Å². The van der Waals surface area contributed by atoms with Crippen LogP contribution in [-0.2, 0) is 16.4 Å². The summed E-state index contributed by atoms with van der Waals surface area (Å²) in [5.74, 6) is 1.13. The quantitative estimate of drug-likeness (QED) is 0.528. The number of hydrogen-bond donors (Lipinski definition) is 0. The van der Waals surface area contributed by atoms with E-state index in [2.05, 4.69) is 14.3 Å². The third kappa shape index (κ3) is 4.47. The zero-order chi connectivity index (χ0) is 23.1. The molecule has 0 radical (unpaired) electrons. The van der Waals surface area contributed by atoms with Crippen molar-refractivity contribution in [3.63, 3.8) is 0 Å². The van der Waals surface area contributed by atoms with Gasteiger partial charge in [0.15, 0.2) is 0 Å². The lowest BCUT2D eigenvalue weighted by molar-refractivity contribution is 0.114. The monoisotopic (exact) mass is 488 g/mol. The molecule has 2 saturated heterocycles. The number of aromatic nitrogens is 2. The van der Waals surface area contributed by atoms with Gasteiger partial charge in [-0.2, -0.15) is 8.68 Å². The number of ether oxygens (including phenoxy) is 1. The summed E-state index contributed by atoms with van der Waals surface area (Å²) >= 11 is 1.38. The molecule has 7 nitrogen and oxygen atoms in total. The molecule has 0 atom stereocenters. The number of benzene rings is 2. The van der Waals surface area contributed by atoms with Gasteiger partial charge in [-0.25, -0.2) is 17.8 Å². The Balaban J connectivity index is 1.16. The highest BCUT2D eigenvalue weighted by Gasteiger charge is 2.47. The zero-order valence-corrected chi connectivity index (χ0v) is 19.9. The van der Waals surface area contributed by atoms with Crippen LogP contribution in [0.15, 0.2) is 53.4 Å². The van der Waals surface area contributed by atoms with Crippen LogP contribution in [0, 0.1) is 11.2 Å². The van der Waals surface area contributed by atoms with Crippen LogP contribution in [0.5, 0.6) is 5.75 Å². The first-order valence-electron chi connectivity index (χ1n) is 10.8. The lowest BCUT2D eigenvalue weighted by Gasteiger charge is -2.53. The van der Waals surface area contributed by atoms with Gasteiger partial charge in [0, 0.05) is 49.5 Å². The Morgan fingerprint density at radius 3 is 2.36 bits per heavy atom. The fourth-order valence-electron chi connectivity index (χ4n) is 4.54. The van der Waals surface area contributed by atoms with Gasteiger partial charge in [0.25, 0.3) is 0 Å². The average molecular weight is 489 g/mol. The highest BCUT2D eigenvalue weighted by Crippen LogP contribution is 2.43. The van der Waals surface area contributed by atoms with Gasteiger partial charge in [-0.3, -0.25) is 0 Å². The molecule has 0 unspecified atom stereocenters. The molecule has 1 spiro atoms. The van der Waals surface area contributed by atoms with E-state index in [1.165, 1.54) is 23.7 Å². The molecule has 0 aliphatic carbocycles. The first-order chi connectivity index (χ1) is 15.9. The van der Waals surface area contributed by atoms with Gasteiger partial charge < -0.3 is 9.64 Å². The van der Waals surface area contributed by atoms with Crippen molar-refractivity contribution in [1.29, 1.82) is 0 Å². The number of piperidine rings is 1. The first kappa shape index (κ1) is 22.2. The third-order valence-corrected chi connectivity index (χ3v) is 9.26. The number of halogens is 1. The van der Waals surface area contributed by atoms with E-state index in [0.29, 0.717) is 30.2 Å². The fourth-order valence-corrected chi connectivity index (χ4v) is 6.67. The van der Waals surface area contributed by atoms with E-state index in [4.69, 9.17) is 4.74 Å². The summed E-state index contributed by atoms with van der Waals surface area (Å²) < 4.78 is 50.3. The summed E-state index contributed by atoms with van der Waals surface area (Å²) in [6.07, 6.45) is 2.24. The van der Waals surface area contributed by atoms with Crippen LogP contribution in [0.2, 0.25) is 0 Å². The van der Waals surface area contributed by atoms with Crippen molar-refractivity contribution in [1.82, 2.24) is 13.7 Å². The van der Waals surface area contributed by atoms with Gasteiger partial charge in [0.1, 0.15) is 17.4 Å². The maximum atomic E-state index is 13.1. The zero-order valence-electron chi connectivity index (χ0n) is 18.3. The summed E-state index contributed by atoms with van der Waals surface area (Å²) in [5, 5.41) is 0.894. The van der Waals surface area contributed by atoms with Gasteiger partial charge in [-0.15, -0.1) is 0 Å². The number of sulfonamides is 1. The molecular formula is C23H25FN4O3S2. The molecule has 5 rings (SSSR count). The molecule has 0 bridgehead atoms. The molecular weight excluding hydrogens is 463 g/mol. The Labute approximate surface area is 197 Å². The predicted molar refractivity (Wildman–Crippen MR) is 125 cm³/mol. The highest BCUT2D eigenvalue weighted by atomic mass is 32.2. The summed E-state index contributed by atoms with van der Waals surface area (Å²) in [4.78, 5) is 7.18. The molecule has 0 N–H and O–H groups in total. The molecule has 10 heteroatoms. The highest BCUT2D eigenvalue weighted by molar-refractivity contribution is 7.89. The second kappa shape index (κ2) is 8.66. The Bertz CT molecular complexity index is 1210. The summed E-state index contributed by atoms with van der Waals surface area (Å²) in [5.41, 5.74) is 1.11. The van der Waals surface area contributed by atoms with E-state index in [1.807, 2.05) is 0 Å². The predicted octanol–water partition coefficient (Wildman–Crippen LogP) is 3.57. The van der Waals surface area contributed by atoms with Crippen molar-refractivity contribution in [2.45, 2.75) is 24.2 Å². The molecule has 2 fully saturated rings. The van der Waals surface area contributed by atoms with Crippen LogP contribution >= 0.6 is 11.5 Å². The maximum Gasteiger partial charge on any atom is 0.243 e. The van der Waals surface area contributed by atoms with E-state index in [1.54, 1.807) is 47.8 Å². The van der Waals surface area contributed by atoms with E-state index in [-0.39, 0.29) is 11.2 Å². The van der Waals surface area contributed by atoms with Crippen LogP contribution < -0.4 is 9.64 Å². The number of hydrogen-bond acceptors (Lipinski definition) is 7. The second-order valence-electron chi connectivity index (χ2n) is 8.73. The average Bonchev–Trinajstić information content (AvgIpc) is 3.27. The Hall–Kier alpha value is -2.56. The van der Waals surface area contributed by atoms with Crippen molar-refractivity contribution in [3.8, 4) is 5.75 Å². The van der Waals surface area contributed by atoms with Crippen LogP contribution in [0.1, 0.15) is 24.2 Å². The SMILES string of the molecule is COc1ccc(S(=O)(=O)N2CCC3(CC2)CN(c2nc(Cc4ccc(F)cc4)ns2)C3)cc1. The maximum absolute atomic E-state index is 13.1. The van der Waals surface area contributed by atoms with Gasteiger partial charge >= 0.3 is 0 Å². The van der Waals surface area contributed by atoms with Crippen LogP contribution in [0.4, 0.5) is 9.52 Å². The first-order valence-corrected chi connectivity index (χ1v) is 13.0. The van der Waals surface area contributed by atoms with Crippen molar-refractivity contribution in [3.05, 3.63) is 65.7 Å². The number of methoxy groups -OCH3 is 1. The van der Waals surface area contributed by atoms with E-state index in [0.717, 1.165) is 42.5 Å². The molecule has 2 aliphatic rings. The molecule has 174 valence electrons. The van der Waals surface area contributed by atoms with E-state index >= 15 is 0 Å². The summed E-state index contributed by atoms with van der Waals surface area (Å²) in [7, 11) is -1.94. The Morgan fingerprint density at radius 1 is 1.06 bits per heavy atom. The minimum Gasteiger partial charge on any atom is -0.497 e. The normalized spacial score (nSPS) is 18.3. The molecule has 3 heterocycles. The van der Waals surface area contributed by atoms with Crippen molar-refractivity contribution in [2.24, 2.45) is 5.41 Å². The minimum atomic E-state index is -3.50. The standard InChI is InChI=1S/C23H25FN4O3S2/c1-31-19-6-8-20(9-7-19)33(29,30)28-12-10-23(11-13-28)15-27(16-23)22-25-21(26-32-22)14-17-2-4-18(24)5-3-17/h2-9H,10-16H2,1H3.